The first-order chi connectivity index (χ1) is 7.33. The maximum Gasteiger partial charge on any atom is 0.330 e. The van der Waals surface area contributed by atoms with Gasteiger partial charge in [0, 0.05) is 6.08 Å². The summed E-state index contributed by atoms with van der Waals surface area (Å²) in [4.78, 5) is 11.1. The van der Waals surface area contributed by atoms with Crippen LogP contribution >= 0.6 is 12.4 Å². The molecule has 4 heteroatoms. The average molecular weight is 242 g/mol. The van der Waals surface area contributed by atoms with E-state index in [-0.39, 0.29) is 18.4 Å². The van der Waals surface area contributed by atoms with E-state index >= 15 is 0 Å². The van der Waals surface area contributed by atoms with Crippen LogP contribution in [-0.4, -0.2) is 19.1 Å². The quantitative estimate of drug-likeness (QED) is 0.488. The third kappa shape index (κ3) is 6.22. The van der Waals surface area contributed by atoms with Gasteiger partial charge in [-0.05, 0) is 24.6 Å². The molecule has 2 N–H and O–H groups in total. The summed E-state index contributed by atoms with van der Waals surface area (Å²) in [7, 11) is 0. The third-order valence-electron chi connectivity index (χ3n) is 1.80. The van der Waals surface area contributed by atoms with Crippen LogP contribution in [0.3, 0.4) is 0 Å². The second-order valence-corrected chi connectivity index (χ2v) is 3.05. The largest absolute Gasteiger partial charge is 0.462 e. The number of hydrogen-bond acceptors (Lipinski definition) is 3. The molecule has 0 aliphatic rings. The summed E-state index contributed by atoms with van der Waals surface area (Å²) in [6, 6.07) is 9.60. The van der Waals surface area contributed by atoms with Crippen LogP contribution in [0.25, 0.3) is 6.08 Å². The minimum absolute atomic E-state index is 0. The summed E-state index contributed by atoms with van der Waals surface area (Å²) in [5.41, 5.74) is 6.25. The predicted molar refractivity (Wildman–Crippen MR) is 67.4 cm³/mol. The minimum atomic E-state index is -0.327. The highest BCUT2D eigenvalue weighted by Gasteiger charge is 1.95. The molecule has 0 heterocycles. The smallest absolute Gasteiger partial charge is 0.330 e. The van der Waals surface area contributed by atoms with Crippen molar-refractivity contribution in [3.05, 3.63) is 42.0 Å². The van der Waals surface area contributed by atoms with Gasteiger partial charge in [-0.25, -0.2) is 4.79 Å². The Bertz CT molecular complexity index is 325. The van der Waals surface area contributed by atoms with Crippen LogP contribution < -0.4 is 5.73 Å². The molecule has 88 valence electrons. The zero-order valence-electron chi connectivity index (χ0n) is 8.96. The number of esters is 1. The molecule has 3 nitrogen and oxygen atoms in total. The van der Waals surface area contributed by atoms with Crippen molar-refractivity contribution in [2.45, 2.75) is 6.42 Å². The third-order valence-corrected chi connectivity index (χ3v) is 1.80. The molecule has 0 aliphatic carbocycles. The number of ether oxygens (including phenoxy) is 1. The van der Waals surface area contributed by atoms with E-state index in [0.29, 0.717) is 19.6 Å². The number of benzene rings is 1. The molecular formula is C12H16ClNO2. The molecule has 0 saturated heterocycles. The highest BCUT2D eigenvalue weighted by Crippen LogP contribution is 2.00. The minimum Gasteiger partial charge on any atom is -0.462 e. The molecule has 0 amide bonds. The van der Waals surface area contributed by atoms with Gasteiger partial charge in [0.15, 0.2) is 0 Å². The monoisotopic (exact) mass is 241 g/mol. The number of nitrogens with two attached hydrogens (primary N) is 1. The lowest BCUT2D eigenvalue weighted by atomic mass is 10.2. The van der Waals surface area contributed by atoms with E-state index in [1.54, 1.807) is 6.08 Å². The van der Waals surface area contributed by atoms with Crippen LogP contribution in [0.15, 0.2) is 36.4 Å². The Morgan fingerprint density at radius 1 is 1.31 bits per heavy atom. The van der Waals surface area contributed by atoms with Gasteiger partial charge in [-0.1, -0.05) is 30.3 Å². The molecule has 1 rings (SSSR count). The van der Waals surface area contributed by atoms with E-state index in [1.807, 2.05) is 30.3 Å². The van der Waals surface area contributed by atoms with Crippen LogP contribution in [0.1, 0.15) is 12.0 Å². The summed E-state index contributed by atoms with van der Waals surface area (Å²) < 4.78 is 4.90. The molecule has 0 spiro atoms. The van der Waals surface area contributed by atoms with Crippen molar-refractivity contribution in [3.63, 3.8) is 0 Å². The Hall–Kier alpha value is -1.32. The fraction of sp³-hybridized carbons (Fsp3) is 0.250. The average Bonchev–Trinajstić information content (AvgIpc) is 2.28. The summed E-state index contributed by atoms with van der Waals surface area (Å²) in [6.07, 6.45) is 3.85. The molecule has 0 saturated carbocycles. The first-order valence-electron chi connectivity index (χ1n) is 4.93. The zero-order valence-corrected chi connectivity index (χ0v) is 9.78. The Labute approximate surface area is 102 Å². The van der Waals surface area contributed by atoms with E-state index in [4.69, 9.17) is 10.5 Å². The number of carbonyl (C=O) groups is 1. The van der Waals surface area contributed by atoms with Gasteiger partial charge in [-0.15, -0.1) is 12.4 Å². The van der Waals surface area contributed by atoms with Gasteiger partial charge in [-0.2, -0.15) is 0 Å². The Morgan fingerprint density at radius 2 is 2.00 bits per heavy atom. The van der Waals surface area contributed by atoms with Gasteiger partial charge in [0.05, 0.1) is 6.61 Å². The SMILES string of the molecule is Cl.NCCCOC(=O)/C=C/c1ccccc1. The van der Waals surface area contributed by atoms with E-state index in [1.165, 1.54) is 6.08 Å². The topological polar surface area (TPSA) is 52.3 Å². The zero-order chi connectivity index (χ0) is 10.9. The highest BCUT2D eigenvalue weighted by atomic mass is 35.5. The van der Waals surface area contributed by atoms with Gasteiger partial charge in [0.1, 0.15) is 0 Å². The normalized spacial score (nSPS) is 9.81. The van der Waals surface area contributed by atoms with Gasteiger partial charge < -0.3 is 10.5 Å². The Balaban J connectivity index is 0.00000225. The lowest BCUT2D eigenvalue weighted by Gasteiger charge is -1.98. The van der Waals surface area contributed by atoms with E-state index in [9.17, 15) is 4.79 Å². The molecule has 1 aromatic rings. The molecule has 0 radical (unpaired) electrons. The van der Waals surface area contributed by atoms with Crippen LogP contribution in [0.2, 0.25) is 0 Å². The van der Waals surface area contributed by atoms with E-state index in [2.05, 4.69) is 0 Å². The van der Waals surface area contributed by atoms with Crippen molar-refractivity contribution in [2.75, 3.05) is 13.2 Å². The van der Waals surface area contributed by atoms with Crippen molar-refractivity contribution in [1.82, 2.24) is 0 Å². The summed E-state index contributed by atoms with van der Waals surface area (Å²) in [5, 5.41) is 0. The lowest BCUT2D eigenvalue weighted by molar-refractivity contribution is -0.137. The molecule has 16 heavy (non-hydrogen) atoms. The Kier molecular flexibility index (Phi) is 8.21. The predicted octanol–water partition coefficient (Wildman–Crippen LogP) is 2.01. The summed E-state index contributed by atoms with van der Waals surface area (Å²) >= 11 is 0. The van der Waals surface area contributed by atoms with Crippen LogP contribution in [0.4, 0.5) is 0 Å². The molecular weight excluding hydrogens is 226 g/mol. The van der Waals surface area contributed by atoms with Crippen molar-refractivity contribution in [2.24, 2.45) is 5.73 Å². The van der Waals surface area contributed by atoms with Crippen molar-refractivity contribution in [3.8, 4) is 0 Å². The first kappa shape index (κ1) is 14.7. The van der Waals surface area contributed by atoms with Crippen LogP contribution in [-0.2, 0) is 9.53 Å². The van der Waals surface area contributed by atoms with E-state index < -0.39 is 0 Å². The summed E-state index contributed by atoms with van der Waals surface area (Å²) in [5.74, 6) is -0.327. The highest BCUT2D eigenvalue weighted by molar-refractivity contribution is 5.87. The maximum atomic E-state index is 11.1. The molecule has 0 fully saturated rings. The fourth-order valence-electron chi connectivity index (χ4n) is 1.03. The first-order valence-corrected chi connectivity index (χ1v) is 4.93. The Morgan fingerprint density at radius 3 is 2.62 bits per heavy atom. The lowest BCUT2D eigenvalue weighted by Crippen LogP contribution is -2.07. The molecule has 0 aliphatic heterocycles. The van der Waals surface area contributed by atoms with Crippen molar-refractivity contribution < 1.29 is 9.53 Å². The molecule has 0 aromatic heterocycles. The van der Waals surface area contributed by atoms with E-state index in [0.717, 1.165) is 5.56 Å². The number of halogens is 1. The summed E-state index contributed by atoms with van der Waals surface area (Å²) in [6.45, 7) is 0.921. The van der Waals surface area contributed by atoms with Crippen LogP contribution in [0.5, 0.6) is 0 Å². The van der Waals surface area contributed by atoms with Gasteiger partial charge >= 0.3 is 5.97 Å². The number of rotatable bonds is 5. The van der Waals surface area contributed by atoms with Gasteiger partial charge in [-0.3, -0.25) is 0 Å². The van der Waals surface area contributed by atoms with Gasteiger partial charge in [0.25, 0.3) is 0 Å². The second kappa shape index (κ2) is 8.95. The second-order valence-electron chi connectivity index (χ2n) is 3.05. The molecule has 0 unspecified atom stereocenters. The van der Waals surface area contributed by atoms with Crippen molar-refractivity contribution in [1.29, 1.82) is 0 Å². The standard InChI is InChI=1S/C12H15NO2.ClH/c13-9-4-10-15-12(14)8-7-11-5-2-1-3-6-11;/h1-3,5-8H,4,9-10,13H2;1H/b8-7+;. The van der Waals surface area contributed by atoms with Gasteiger partial charge in [0.2, 0.25) is 0 Å². The molecule has 1 aromatic carbocycles. The molecule has 0 bridgehead atoms. The fourth-order valence-corrected chi connectivity index (χ4v) is 1.03. The molecule has 0 atom stereocenters. The number of hydrogen-bond donors (Lipinski definition) is 1. The maximum absolute atomic E-state index is 11.1. The van der Waals surface area contributed by atoms with Crippen molar-refractivity contribution >= 4 is 24.5 Å². The number of carbonyl (C=O) groups excluding carboxylic acids is 1. The van der Waals surface area contributed by atoms with Crippen LogP contribution in [0, 0.1) is 0 Å².